The van der Waals surface area contributed by atoms with Gasteiger partial charge in [0.25, 0.3) is 0 Å². The molecule has 0 atom stereocenters. The Bertz CT molecular complexity index is 318. The summed E-state index contributed by atoms with van der Waals surface area (Å²) in [5.74, 6) is 0. The standard InChI is InChI=1S/C12H14/c1-12(2)8-6-10-4-3-5-11(10)7-9-12/h4-6,8H,7,9H2,1-2H3. The summed E-state index contributed by atoms with van der Waals surface area (Å²) in [6, 6.07) is 0. The molecular formula is C12H14. The quantitative estimate of drug-likeness (QED) is 0.474. The first kappa shape index (κ1) is 7.64. The second kappa shape index (κ2) is 2.50. The SMILES string of the molecule is CC1(C)C=CC2=C(C=C=C2)CC1. The monoisotopic (exact) mass is 158 g/mol. The van der Waals surface area contributed by atoms with Crippen molar-refractivity contribution in [3.63, 3.8) is 0 Å². The zero-order valence-corrected chi connectivity index (χ0v) is 7.72. The first-order valence-electron chi connectivity index (χ1n) is 4.52. The van der Waals surface area contributed by atoms with E-state index in [0.717, 1.165) is 0 Å². The smallest absolute Gasteiger partial charge is 0.0124 e. The molecule has 0 nitrogen and oxygen atoms in total. The molecule has 0 aromatic heterocycles. The van der Waals surface area contributed by atoms with Crippen LogP contribution in [0.1, 0.15) is 26.7 Å². The summed E-state index contributed by atoms with van der Waals surface area (Å²) in [5, 5.41) is 0. The summed E-state index contributed by atoms with van der Waals surface area (Å²) in [6.45, 7) is 4.58. The van der Waals surface area contributed by atoms with Crippen molar-refractivity contribution in [3.05, 3.63) is 41.2 Å². The maximum atomic E-state index is 3.14. The second-order valence-corrected chi connectivity index (χ2v) is 4.26. The Morgan fingerprint density at radius 3 is 3.00 bits per heavy atom. The molecule has 0 aromatic rings. The van der Waals surface area contributed by atoms with E-state index in [9.17, 15) is 0 Å². The van der Waals surface area contributed by atoms with Gasteiger partial charge in [-0.15, -0.1) is 5.73 Å². The van der Waals surface area contributed by atoms with E-state index in [-0.39, 0.29) is 0 Å². The first-order valence-corrected chi connectivity index (χ1v) is 4.52. The molecule has 0 heteroatoms. The fraction of sp³-hybridized carbons (Fsp3) is 0.417. The predicted octanol–water partition coefficient (Wildman–Crippen LogP) is 3.38. The maximum absolute atomic E-state index is 3.14. The fourth-order valence-corrected chi connectivity index (χ4v) is 1.64. The molecular weight excluding hydrogens is 144 g/mol. The zero-order valence-electron chi connectivity index (χ0n) is 7.72. The van der Waals surface area contributed by atoms with E-state index < -0.39 is 0 Å². The fourth-order valence-electron chi connectivity index (χ4n) is 1.64. The largest absolute Gasteiger partial charge is 0.120 e. The lowest BCUT2D eigenvalue weighted by molar-refractivity contribution is 0.442. The van der Waals surface area contributed by atoms with Gasteiger partial charge in [-0.1, -0.05) is 26.0 Å². The van der Waals surface area contributed by atoms with Gasteiger partial charge in [-0.25, -0.2) is 0 Å². The van der Waals surface area contributed by atoms with Crippen molar-refractivity contribution in [1.82, 2.24) is 0 Å². The van der Waals surface area contributed by atoms with E-state index in [4.69, 9.17) is 0 Å². The van der Waals surface area contributed by atoms with Crippen molar-refractivity contribution >= 4 is 0 Å². The summed E-state index contributed by atoms with van der Waals surface area (Å²) in [7, 11) is 0. The van der Waals surface area contributed by atoms with Crippen LogP contribution in [0.15, 0.2) is 41.2 Å². The van der Waals surface area contributed by atoms with Crippen LogP contribution in [-0.2, 0) is 0 Å². The molecule has 0 spiro atoms. The number of hydrogen-bond donors (Lipinski definition) is 0. The molecule has 12 heavy (non-hydrogen) atoms. The number of rotatable bonds is 0. The molecule has 0 saturated heterocycles. The molecule has 0 bridgehead atoms. The highest BCUT2D eigenvalue weighted by molar-refractivity contribution is 5.46. The van der Waals surface area contributed by atoms with E-state index in [2.05, 4.69) is 43.9 Å². The lowest BCUT2D eigenvalue weighted by Crippen LogP contribution is -2.05. The van der Waals surface area contributed by atoms with Crippen LogP contribution in [0.5, 0.6) is 0 Å². The highest BCUT2D eigenvalue weighted by atomic mass is 14.2. The van der Waals surface area contributed by atoms with Gasteiger partial charge < -0.3 is 0 Å². The molecule has 2 rings (SSSR count). The van der Waals surface area contributed by atoms with Crippen LogP contribution in [0.3, 0.4) is 0 Å². The Balaban J connectivity index is 2.29. The molecule has 0 aromatic carbocycles. The third-order valence-corrected chi connectivity index (χ3v) is 2.62. The predicted molar refractivity (Wildman–Crippen MR) is 51.8 cm³/mol. The van der Waals surface area contributed by atoms with Gasteiger partial charge in [-0.2, -0.15) is 0 Å². The molecule has 0 amide bonds. The third kappa shape index (κ3) is 1.31. The minimum Gasteiger partial charge on any atom is -0.120 e. The van der Waals surface area contributed by atoms with Crippen LogP contribution in [0.2, 0.25) is 0 Å². The summed E-state index contributed by atoms with van der Waals surface area (Å²) in [4.78, 5) is 0. The van der Waals surface area contributed by atoms with Gasteiger partial charge in [0.2, 0.25) is 0 Å². The Labute approximate surface area is 74.0 Å². The van der Waals surface area contributed by atoms with Gasteiger partial charge in [0.15, 0.2) is 0 Å². The van der Waals surface area contributed by atoms with E-state index in [1.165, 1.54) is 24.0 Å². The van der Waals surface area contributed by atoms with Gasteiger partial charge in [-0.05, 0) is 41.6 Å². The first-order chi connectivity index (χ1) is 5.67. The topological polar surface area (TPSA) is 0 Å². The average molecular weight is 158 g/mol. The van der Waals surface area contributed by atoms with Crippen LogP contribution in [0, 0.1) is 5.41 Å². The molecule has 0 heterocycles. The minimum absolute atomic E-state index is 0.367. The van der Waals surface area contributed by atoms with Gasteiger partial charge in [0.05, 0.1) is 0 Å². The third-order valence-electron chi connectivity index (χ3n) is 2.62. The van der Waals surface area contributed by atoms with Gasteiger partial charge in [0.1, 0.15) is 0 Å². The Hall–Kier alpha value is -1.00. The lowest BCUT2D eigenvalue weighted by atomic mass is 9.87. The van der Waals surface area contributed by atoms with Crippen molar-refractivity contribution in [1.29, 1.82) is 0 Å². The lowest BCUT2D eigenvalue weighted by Gasteiger charge is -2.17. The van der Waals surface area contributed by atoms with Crippen molar-refractivity contribution < 1.29 is 0 Å². The van der Waals surface area contributed by atoms with Crippen LogP contribution < -0.4 is 0 Å². The van der Waals surface area contributed by atoms with Crippen LogP contribution in [-0.4, -0.2) is 0 Å². The molecule has 2 aliphatic rings. The summed E-state index contributed by atoms with van der Waals surface area (Å²) >= 11 is 0. The summed E-state index contributed by atoms with van der Waals surface area (Å²) in [5.41, 5.74) is 6.33. The van der Waals surface area contributed by atoms with Gasteiger partial charge >= 0.3 is 0 Å². The van der Waals surface area contributed by atoms with Crippen molar-refractivity contribution in [2.75, 3.05) is 0 Å². The summed E-state index contributed by atoms with van der Waals surface area (Å²) < 4.78 is 0. The summed E-state index contributed by atoms with van der Waals surface area (Å²) in [6.07, 6.45) is 11.2. The van der Waals surface area contributed by atoms with E-state index in [1.54, 1.807) is 0 Å². The van der Waals surface area contributed by atoms with Crippen LogP contribution >= 0.6 is 0 Å². The van der Waals surface area contributed by atoms with Crippen molar-refractivity contribution in [2.45, 2.75) is 26.7 Å². The molecule has 0 unspecified atom stereocenters. The molecule has 62 valence electrons. The van der Waals surface area contributed by atoms with Crippen LogP contribution in [0.4, 0.5) is 0 Å². The van der Waals surface area contributed by atoms with E-state index in [1.807, 2.05) is 0 Å². The van der Waals surface area contributed by atoms with E-state index >= 15 is 0 Å². The normalized spacial score (nSPS) is 24.5. The molecule has 0 radical (unpaired) electrons. The molecule has 0 aliphatic heterocycles. The number of allylic oxidation sites excluding steroid dienone is 5. The van der Waals surface area contributed by atoms with Gasteiger partial charge in [0, 0.05) is 0 Å². The van der Waals surface area contributed by atoms with Crippen LogP contribution in [0.25, 0.3) is 0 Å². The van der Waals surface area contributed by atoms with E-state index in [0.29, 0.717) is 5.41 Å². The minimum atomic E-state index is 0.367. The maximum Gasteiger partial charge on any atom is -0.0124 e. The highest BCUT2D eigenvalue weighted by Crippen LogP contribution is 2.33. The highest BCUT2D eigenvalue weighted by Gasteiger charge is 2.18. The van der Waals surface area contributed by atoms with Crippen molar-refractivity contribution in [2.24, 2.45) is 5.41 Å². The molecule has 0 fully saturated rings. The molecule has 0 N–H and O–H groups in total. The average Bonchev–Trinajstić information content (AvgIpc) is 2.40. The molecule has 0 saturated carbocycles. The Morgan fingerprint density at radius 2 is 2.17 bits per heavy atom. The number of hydrogen-bond acceptors (Lipinski definition) is 0. The van der Waals surface area contributed by atoms with Gasteiger partial charge in [-0.3, -0.25) is 0 Å². The Morgan fingerprint density at radius 1 is 1.33 bits per heavy atom. The van der Waals surface area contributed by atoms with Crippen molar-refractivity contribution in [3.8, 4) is 0 Å². The molecule has 2 aliphatic carbocycles. The Kier molecular flexibility index (Phi) is 1.59. The zero-order chi connectivity index (χ0) is 8.60. The second-order valence-electron chi connectivity index (χ2n) is 4.26.